The van der Waals surface area contributed by atoms with Gasteiger partial charge in [0.15, 0.2) is 0 Å². The monoisotopic (exact) mass is 327 g/mol. The molecule has 0 aliphatic carbocycles. The second kappa shape index (κ2) is 4.73. The molecule has 0 unspecified atom stereocenters. The van der Waals surface area contributed by atoms with Gasteiger partial charge in [0.2, 0.25) is 11.8 Å². The van der Waals surface area contributed by atoms with Crippen molar-refractivity contribution in [1.29, 1.82) is 0 Å². The van der Waals surface area contributed by atoms with Gasteiger partial charge < -0.3 is 15.1 Å². The Kier molecular flexibility index (Phi) is 3.06. The van der Waals surface area contributed by atoms with Crippen LogP contribution in [-0.4, -0.2) is 27.1 Å². The number of carbonyl (C=O) groups excluding carboxylic acids is 1. The molecule has 0 spiro atoms. The van der Waals surface area contributed by atoms with Crippen molar-refractivity contribution < 1.29 is 33.0 Å². The van der Waals surface area contributed by atoms with E-state index in [1.54, 1.807) is 0 Å². The third-order valence-electron chi connectivity index (χ3n) is 3.19. The van der Waals surface area contributed by atoms with E-state index in [2.05, 4.69) is 10.2 Å². The van der Waals surface area contributed by atoms with Crippen molar-refractivity contribution in [2.45, 2.75) is 11.8 Å². The first kappa shape index (κ1) is 14.9. The normalized spacial score (nSPS) is 15.4. The van der Waals surface area contributed by atoms with Gasteiger partial charge >= 0.3 is 17.8 Å². The van der Waals surface area contributed by atoms with Crippen LogP contribution >= 0.6 is 0 Å². The standard InChI is InChI=1S/C13H8F3N3O4/c14-13(15,16)12(17-18-12)8-3-1-7(2-4-8)11(22)23-19-9(20)5-6-10(19)21/h1-6,20-21H. The average molecular weight is 327 g/mol. The molecule has 0 atom stereocenters. The van der Waals surface area contributed by atoms with Crippen LogP contribution in [0.2, 0.25) is 0 Å². The zero-order chi connectivity index (χ0) is 16.8. The zero-order valence-corrected chi connectivity index (χ0v) is 11.2. The largest absolute Gasteiger partial charge is 0.492 e. The van der Waals surface area contributed by atoms with Crippen molar-refractivity contribution in [3.8, 4) is 11.8 Å². The fourth-order valence-corrected chi connectivity index (χ4v) is 1.91. The molecule has 2 aromatic rings. The summed E-state index contributed by atoms with van der Waals surface area (Å²) in [5, 5.41) is 24.8. The highest BCUT2D eigenvalue weighted by Gasteiger charge is 2.65. The summed E-state index contributed by atoms with van der Waals surface area (Å²) in [6, 6.07) is 6.50. The molecule has 0 amide bonds. The van der Waals surface area contributed by atoms with Crippen molar-refractivity contribution in [1.82, 2.24) is 4.73 Å². The number of hydrogen-bond donors (Lipinski definition) is 2. The highest BCUT2D eigenvalue weighted by Crippen LogP contribution is 2.52. The number of halogens is 3. The van der Waals surface area contributed by atoms with Crippen molar-refractivity contribution in [3.05, 3.63) is 47.5 Å². The van der Waals surface area contributed by atoms with Crippen LogP contribution in [0.3, 0.4) is 0 Å². The van der Waals surface area contributed by atoms with Crippen molar-refractivity contribution in [2.75, 3.05) is 0 Å². The van der Waals surface area contributed by atoms with Crippen LogP contribution < -0.4 is 4.84 Å². The molecule has 23 heavy (non-hydrogen) atoms. The maximum absolute atomic E-state index is 12.8. The van der Waals surface area contributed by atoms with Crippen LogP contribution in [0.5, 0.6) is 11.8 Å². The Balaban J connectivity index is 1.79. The Morgan fingerprint density at radius 2 is 1.57 bits per heavy atom. The van der Waals surface area contributed by atoms with E-state index in [0.29, 0.717) is 4.73 Å². The summed E-state index contributed by atoms with van der Waals surface area (Å²) < 4.78 is 39.0. The molecule has 0 radical (unpaired) electrons. The van der Waals surface area contributed by atoms with Gasteiger partial charge in [0, 0.05) is 17.7 Å². The fraction of sp³-hybridized carbons (Fsp3) is 0.154. The molecule has 0 saturated heterocycles. The molecule has 0 fully saturated rings. The Bertz CT molecular complexity index is 770. The topological polar surface area (TPSA) is 96.4 Å². The lowest BCUT2D eigenvalue weighted by molar-refractivity contribution is -0.166. The molecule has 120 valence electrons. The Hall–Kier alpha value is -3.04. The second-order valence-electron chi connectivity index (χ2n) is 4.67. The van der Waals surface area contributed by atoms with E-state index in [9.17, 15) is 28.2 Å². The van der Waals surface area contributed by atoms with E-state index < -0.39 is 29.6 Å². The predicted molar refractivity (Wildman–Crippen MR) is 67.7 cm³/mol. The van der Waals surface area contributed by atoms with E-state index in [-0.39, 0.29) is 11.1 Å². The highest BCUT2D eigenvalue weighted by molar-refractivity contribution is 5.89. The van der Waals surface area contributed by atoms with E-state index in [4.69, 9.17) is 4.84 Å². The lowest BCUT2D eigenvalue weighted by atomic mass is 10.0. The lowest BCUT2D eigenvalue weighted by Gasteiger charge is -2.14. The number of nitrogens with zero attached hydrogens (tertiary/aromatic N) is 3. The molecule has 1 aromatic carbocycles. The predicted octanol–water partition coefficient (Wildman–Crippen LogP) is 2.35. The molecule has 0 bridgehead atoms. The van der Waals surface area contributed by atoms with Crippen molar-refractivity contribution >= 4 is 5.97 Å². The van der Waals surface area contributed by atoms with Crippen LogP contribution in [0.4, 0.5) is 13.2 Å². The summed E-state index contributed by atoms with van der Waals surface area (Å²) in [5.41, 5.74) is -2.88. The van der Waals surface area contributed by atoms with Crippen LogP contribution in [-0.2, 0) is 5.66 Å². The zero-order valence-electron chi connectivity index (χ0n) is 11.2. The first-order chi connectivity index (χ1) is 10.7. The van der Waals surface area contributed by atoms with Gasteiger partial charge in [-0.2, -0.15) is 13.2 Å². The summed E-state index contributed by atoms with van der Waals surface area (Å²) in [6.07, 6.45) is -4.66. The van der Waals surface area contributed by atoms with Gasteiger partial charge in [-0.3, -0.25) is 0 Å². The van der Waals surface area contributed by atoms with Gasteiger partial charge in [-0.15, -0.1) is 15.0 Å². The lowest BCUT2D eigenvalue weighted by Crippen LogP contribution is -2.30. The van der Waals surface area contributed by atoms with Gasteiger partial charge in [0.25, 0.3) is 0 Å². The highest BCUT2D eigenvalue weighted by atomic mass is 19.4. The SMILES string of the molecule is O=C(On1c(O)ccc1O)c1ccc(C2(C(F)(F)F)N=N2)cc1. The number of aromatic hydroxyl groups is 2. The second-order valence-corrected chi connectivity index (χ2v) is 4.67. The Morgan fingerprint density at radius 1 is 1.04 bits per heavy atom. The maximum Gasteiger partial charge on any atom is 0.442 e. The molecule has 3 rings (SSSR count). The van der Waals surface area contributed by atoms with Crippen LogP contribution in [0.1, 0.15) is 15.9 Å². The molecular weight excluding hydrogens is 319 g/mol. The fourth-order valence-electron chi connectivity index (χ4n) is 1.91. The summed E-state index contributed by atoms with van der Waals surface area (Å²) >= 11 is 0. The molecule has 2 heterocycles. The molecular formula is C13H8F3N3O4. The average Bonchev–Trinajstić information content (AvgIpc) is 3.26. The van der Waals surface area contributed by atoms with Crippen molar-refractivity contribution in [3.63, 3.8) is 0 Å². The molecule has 7 nitrogen and oxygen atoms in total. The third kappa shape index (κ3) is 2.37. The van der Waals surface area contributed by atoms with Crippen LogP contribution in [0, 0.1) is 0 Å². The molecule has 2 N–H and O–H groups in total. The molecule has 0 saturated carbocycles. The van der Waals surface area contributed by atoms with Gasteiger partial charge in [-0.05, 0) is 12.1 Å². The number of rotatable bonds is 3. The minimum absolute atomic E-state index is 0.0841. The number of carbonyl (C=O) groups is 1. The Morgan fingerprint density at radius 3 is 2.00 bits per heavy atom. The summed E-state index contributed by atoms with van der Waals surface area (Å²) in [6.45, 7) is 0. The van der Waals surface area contributed by atoms with Gasteiger partial charge in [-0.1, -0.05) is 12.1 Å². The first-order valence-electron chi connectivity index (χ1n) is 6.18. The number of alkyl halides is 3. The number of aromatic nitrogens is 1. The van der Waals surface area contributed by atoms with Crippen LogP contribution in [0.15, 0.2) is 46.6 Å². The first-order valence-corrected chi connectivity index (χ1v) is 6.18. The minimum atomic E-state index is -4.66. The van der Waals surface area contributed by atoms with Crippen LogP contribution in [0.25, 0.3) is 0 Å². The van der Waals surface area contributed by atoms with E-state index >= 15 is 0 Å². The molecule has 1 aromatic heterocycles. The third-order valence-corrected chi connectivity index (χ3v) is 3.19. The molecule has 1 aliphatic heterocycles. The quantitative estimate of drug-likeness (QED) is 0.904. The maximum atomic E-state index is 12.8. The molecule has 1 aliphatic rings. The van der Waals surface area contributed by atoms with Gasteiger partial charge in [0.05, 0.1) is 5.56 Å². The molecule has 10 heteroatoms. The van der Waals surface area contributed by atoms with Gasteiger partial charge in [-0.25, -0.2) is 4.79 Å². The summed E-state index contributed by atoms with van der Waals surface area (Å²) in [4.78, 5) is 16.6. The summed E-state index contributed by atoms with van der Waals surface area (Å²) in [7, 11) is 0. The summed E-state index contributed by atoms with van der Waals surface area (Å²) in [5.74, 6) is -2.01. The number of benzene rings is 1. The van der Waals surface area contributed by atoms with Crippen molar-refractivity contribution in [2.24, 2.45) is 10.2 Å². The van der Waals surface area contributed by atoms with Gasteiger partial charge in [0.1, 0.15) is 0 Å². The Labute approximate surface area is 126 Å². The van der Waals surface area contributed by atoms with E-state index in [1.807, 2.05) is 0 Å². The number of hydrogen-bond acceptors (Lipinski definition) is 6. The smallest absolute Gasteiger partial charge is 0.442 e. The minimum Gasteiger partial charge on any atom is -0.492 e. The van der Waals surface area contributed by atoms with E-state index in [0.717, 1.165) is 36.4 Å². The van der Waals surface area contributed by atoms with E-state index in [1.165, 1.54) is 0 Å².